The van der Waals surface area contributed by atoms with Gasteiger partial charge in [-0.1, -0.05) is 28.9 Å². The summed E-state index contributed by atoms with van der Waals surface area (Å²) < 4.78 is 16.4. The summed E-state index contributed by atoms with van der Waals surface area (Å²) in [6, 6.07) is 5.12. The summed E-state index contributed by atoms with van der Waals surface area (Å²) in [6.45, 7) is 6.42. The molecule has 2 aromatic rings. The minimum atomic E-state index is -0.208. The fourth-order valence-corrected chi connectivity index (χ4v) is 2.36. The van der Waals surface area contributed by atoms with Crippen LogP contribution in [0.25, 0.3) is 0 Å². The number of nitrogens with zero attached hydrogens (tertiary/aromatic N) is 2. The second-order valence-electron chi connectivity index (χ2n) is 4.83. The van der Waals surface area contributed by atoms with Crippen molar-refractivity contribution in [3.05, 3.63) is 51.5 Å². The van der Waals surface area contributed by atoms with E-state index in [1.54, 1.807) is 6.07 Å². The van der Waals surface area contributed by atoms with E-state index in [9.17, 15) is 4.39 Å². The van der Waals surface area contributed by atoms with Gasteiger partial charge in [0, 0.05) is 27.8 Å². The quantitative estimate of drug-likeness (QED) is 0.814. The van der Waals surface area contributed by atoms with Crippen LogP contribution in [0, 0.1) is 12.7 Å². The zero-order valence-electron chi connectivity index (χ0n) is 11.8. The van der Waals surface area contributed by atoms with Crippen LogP contribution < -0.4 is 5.32 Å². The monoisotopic (exact) mass is 339 g/mol. The summed E-state index contributed by atoms with van der Waals surface area (Å²) in [4.78, 5) is 0. The molecule has 5 heteroatoms. The van der Waals surface area contributed by atoms with Gasteiger partial charge in [-0.05, 0) is 32.0 Å². The van der Waals surface area contributed by atoms with Gasteiger partial charge in [0.2, 0.25) is 0 Å². The summed E-state index contributed by atoms with van der Waals surface area (Å²) in [5.74, 6) is -0.208. The summed E-state index contributed by atoms with van der Waals surface area (Å²) in [6.07, 6.45) is 2.96. The zero-order valence-corrected chi connectivity index (χ0v) is 13.4. The topological polar surface area (TPSA) is 29.9 Å². The van der Waals surface area contributed by atoms with Crippen LogP contribution in [0.3, 0.4) is 0 Å². The van der Waals surface area contributed by atoms with Crippen molar-refractivity contribution >= 4 is 15.9 Å². The molecule has 2 rings (SSSR count). The number of halogens is 2. The summed E-state index contributed by atoms with van der Waals surface area (Å²) in [5, 5.41) is 7.71. The lowest BCUT2D eigenvalue weighted by atomic mass is 10.2. The van der Waals surface area contributed by atoms with E-state index in [1.807, 2.05) is 23.9 Å². The van der Waals surface area contributed by atoms with Crippen molar-refractivity contribution in [1.29, 1.82) is 0 Å². The molecule has 0 amide bonds. The minimum absolute atomic E-state index is 0.208. The highest BCUT2D eigenvalue weighted by Crippen LogP contribution is 2.17. The number of hydrogen-bond acceptors (Lipinski definition) is 2. The molecular formula is C15H19BrFN3. The Kier molecular flexibility index (Phi) is 5.31. The molecule has 1 heterocycles. The van der Waals surface area contributed by atoms with E-state index in [0.29, 0.717) is 12.1 Å². The van der Waals surface area contributed by atoms with E-state index in [1.165, 1.54) is 6.07 Å². The van der Waals surface area contributed by atoms with Crippen molar-refractivity contribution in [3.8, 4) is 0 Å². The smallest absolute Gasteiger partial charge is 0.129 e. The van der Waals surface area contributed by atoms with E-state index >= 15 is 0 Å². The lowest BCUT2D eigenvalue weighted by Crippen LogP contribution is -2.14. The predicted octanol–water partition coefficient (Wildman–Crippen LogP) is 3.64. The van der Waals surface area contributed by atoms with Gasteiger partial charge in [-0.15, -0.1) is 0 Å². The van der Waals surface area contributed by atoms with E-state index < -0.39 is 0 Å². The molecule has 0 aliphatic heterocycles. The van der Waals surface area contributed by atoms with Crippen molar-refractivity contribution in [1.82, 2.24) is 15.1 Å². The van der Waals surface area contributed by atoms with Gasteiger partial charge in [0.1, 0.15) is 5.82 Å². The maximum absolute atomic E-state index is 13.8. The molecule has 3 nitrogen and oxygen atoms in total. The first-order valence-electron chi connectivity index (χ1n) is 6.77. The van der Waals surface area contributed by atoms with E-state index in [-0.39, 0.29) is 5.82 Å². The Balaban J connectivity index is 2.10. The van der Waals surface area contributed by atoms with Gasteiger partial charge in [-0.3, -0.25) is 4.68 Å². The van der Waals surface area contributed by atoms with Crippen molar-refractivity contribution in [2.75, 3.05) is 6.54 Å². The highest BCUT2D eigenvalue weighted by Gasteiger charge is 2.09. The van der Waals surface area contributed by atoms with E-state index in [4.69, 9.17) is 0 Å². The predicted molar refractivity (Wildman–Crippen MR) is 82.2 cm³/mol. The van der Waals surface area contributed by atoms with Gasteiger partial charge < -0.3 is 5.32 Å². The number of benzene rings is 1. The van der Waals surface area contributed by atoms with Crippen LogP contribution in [0.15, 0.2) is 28.9 Å². The summed E-state index contributed by atoms with van der Waals surface area (Å²) in [7, 11) is 0. The molecule has 0 saturated carbocycles. The first kappa shape index (κ1) is 15.2. The highest BCUT2D eigenvalue weighted by atomic mass is 79.9. The molecule has 1 aromatic heterocycles. The van der Waals surface area contributed by atoms with Crippen LogP contribution in [0.2, 0.25) is 0 Å². The first-order valence-corrected chi connectivity index (χ1v) is 7.57. The lowest BCUT2D eigenvalue weighted by Gasteiger charge is -2.08. The summed E-state index contributed by atoms with van der Waals surface area (Å²) >= 11 is 3.26. The van der Waals surface area contributed by atoms with Gasteiger partial charge in [0.05, 0.1) is 12.7 Å². The Morgan fingerprint density at radius 1 is 1.35 bits per heavy atom. The molecule has 0 saturated heterocycles. The maximum atomic E-state index is 13.8. The number of rotatable bonds is 6. The van der Waals surface area contributed by atoms with Crippen molar-refractivity contribution in [3.63, 3.8) is 0 Å². The second-order valence-corrected chi connectivity index (χ2v) is 5.74. The van der Waals surface area contributed by atoms with Crippen LogP contribution in [-0.4, -0.2) is 16.3 Å². The molecule has 0 aliphatic rings. The van der Waals surface area contributed by atoms with Gasteiger partial charge in [0.15, 0.2) is 0 Å². The van der Waals surface area contributed by atoms with E-state index in [2.05, 4.69) is 33.3 Å². The molecule has 1 aromatic carbocycles. The zero-order chi connectivity index (χ0) is 14.5. The molecule has 0 bridgehead atoms. The van der Waals surface area contributed by atoms with E-state index in [0.717, 1.165) is 35.2 Å². The maximum Gasteiger partial charge on any atom is 0.129 e. The molecule has 0 aliphatic carbocycles. The third kappa shape index (κ3) is 3.67. The molecule has 0 spiro atoms. The minimum Gasteiger partial charge on any atom is -0.313 e. The highest BCUT2D eigenvalue weighted by molar-refractivity contribution is 9.10. The normalized spacial score (nSPS) is 11.0. The molecule has 1 N–H and O–H groups in total. The fraction of sp³-hybridized carbons (Fsp3) is 0.400. The molecule has 0 unspecified atom stereocenters. The molecule has 0 atom stereocenters. The van der Waals surface area contributed by atoms with Gasteiger partial charge in [-0.2, -0.15) is 5.10 Å². The third-order valence-electron chi connectivity index (χ3n) is 3.28. The largest absolute Gasteiger partial charge is 0.313 e. The van der Waals surface area contributed by atoms with Crippen LogP contribution in [0.4, 0.5) is 4.39 Å². The van der Waals surface area contributed by atoms with Crippen molar-refractivity contribution in [2.24, 2.45) is 0 Å². The van der Waals surface area contributed by atoms with Crippen molar-refractivity contribution in [2.45, 2.75) is 33.4 Å². The van der Waals surface area contributed by atoms with Crippen LogP contribution in [0.5, 0.6) is 0 Å². The Morgan fingerprint density at radius 3 is 2.85 bits per heavy atom. The second kappa shape index (κ2) is 6.99. The average molecular weight is 340 g/mol. The molecular weight excluding hydrogens is 321 g/mol. The first-order chi connectivity index (χ1) is 9.61. The molecule has 0 fully saturated rings. The van der Waals surface area contributed by atoms with Crippen LogP contribution >= 0.6 is 15.9 Å². The van der Waals surface area contributed by atoms with Crippen LogP contribution in [0.1, 0.15) is 30.2 Å². The Labute approximate surface area is 127 Å². The fourth-order valence-electron chi connectivity index (χ4n) is 2.03. The number of hydrogen-bond donors (Lipinski definition) is 1. The molecule has 0 radical (unpaired) electrons. The SMILES string of the molecule is CCCNCc1cnn(Cc2ccc(Br)cc2F)c1C. The summed E-state index contributed by atoms with van der Waals surface area (Å²) in [5.41, 5.74) is 2.89. The molecule has 20 heavy (non-hydrogen) atoms. The molecule has 108 valence electrons. The Bertz CT molecular complexity index is 580. The van der Waals surface area contributed by atoms with Crippen molar-refractivity contribution < 1.29 is 4.39 Å². The Morgan fingerprint density at radius 2 is 2.15 bits per heavy atom. The Hall–Kier alpha value is -1.20. The number of aromatic nitrogens is 2. The lowest BCUT2D eigenvalue weighted by molar-refractivity contribution is 0.578. The van der Waals surface area contributed by atoms with Gasteiger partial charge in [-0.25, -0.2) is 4.39 Å². The average Bonchev–Trinajstić information content (AvgIpc) is 2.75. The standard InChI is InChI=1S/C15H19BrFN3/c1-3-6-18-8-13-9-19-20(11(13)2)10-12-4-5-14(16)7-15(12)17/h4-5,7,9,18H,3,6,8,10H2,1-2H3. The van der Waals surface area contributed by atoms with Gasteiger partial charge in [0.25, 0.3) is 0 Å². The van der Waals surface area contributed by atoms with Gasteiger partial charge >= 0.3 is 0 Å². The third-order valence-corrected chi connectivity index (χ3v) is 3.78. The number of nitrogens with one attached hydrogen (secondary N) is 1. The van der Waals surface area contributed by atoms with Crippen LogP contribution in [-0.2, 0) is 13.1 Å².